The van der Waals surface area contributed by atoms with E-state index in [1.807, 2.05) is 24.3 Å². The molecule has 1 N–H and O–H groups in total. The van der Waals surface area contributed by atoms with Gasteiger partial charge in [-0.05, 0) is 80.5 Å². The van der Waals surface area contributed by atoms with Crippen LogP contribution in [0, 0.1) is 6.07 Å². The van der Waals surface area contributed by atoms with Crippen molar-refractivity contribution in [2.75, 3.05) is 0 Å². The van der Waals surface area contributed by atoms with Crippen molar-refractivity contribution in [1.82, 2.24) is 19.5 Å². The number of fused-ring (bicyclic) bond motifs is 2. The molecule has 0 aliphatic carbocycles. The second kappa shape index (κ2) is 16.5. The molecule has 0 bridgehead atoms. The van der Waals surface area contributed by atoms with Crippen LogP contribution in [0.2, 0.25) is 0 Å². The molecule has 0 atom stereocenters. The fourth-order valence-corrected chi connectivity index (χ4v) is 8.33. The van der Waals surface area contributed by atoms with E-state index in [4.69, 9.17) is 15.0 Å². The molecule has 9 rings (SSSR count). The Morgan fingerprint density at radius 2 is 1.10 bits per heavy atom. The van der Waals surface area contributed by atoms with Gasteiger partial charge in [-0.15, -0.1) is 29.3 Å². The van der Waals surface area contributed by atoms with Crippen molar-refractivity contribution in [2.24, 2.45) is 0 Å². The average Bonchev–Trinajstić information content (AvgIpc) is 3.65. The van der Waals surface area contributed by atoms with Crippen LogP contribution in [-0.4, -0.2) is 24.6 Å². The SMILES string of the molecule is CC(C)(C)c1cc(-c2cc(C(C)(C)C)cc3nccnc23)[c-]c(-c2nc3c(-c4cc(-c5ccccc5)ccc4O)cccc3n2-c2ccc(C(C)(C)C)cc2-c2ccccc2)c1.[Pt]. The summed E-state index contributed by atoms with van der Waals surface area (Å²) in [5.74, 6) is 0.949. The summed E-state index contributed by atoms with van der Waals surface area (Å²) < 4.78 is 2.30. The van der Waals surface area contributed by atoms with Crippen molar-refractivity contribution in [1.29, 1.82) is 0 Å². The number of phenolic OH excluding ortho intramolecular Hbond substituents is 1. The first-order valence-electron chi connectivity index (χ1n) is 21.5. The molecule has 2 aromatic heterocycles. The maximum absolute atomic E-state index is 11.6. The first-order valence-corrected chi connectivity index (χ1v) is 21.5. The van der Waals surface area contributed by atoms with Gasteiger partial charge in [0.25, 0.3) is 0 Å². The summed E-state index contributed by atoms with van der Waals surface area (Å²) in [6.45, 7) is 20.2. The summed E-state index contributed by atoms with van der Waals surface area (Å²) in [5, 5.41) is 11.6. The van der Waals surface area contributed by atoms with Crippen LogP contribution in [0.3, 0.4) is 0 Å². The van der Waals surface area contributed by atoms with Crippen LogP contribution in [0.15, 0.2) is 152 Å². The van der Waals surface area contributed by atoms with Gasteiger partial charge in [-0.1, -0.05) is 164 Å². The third kappa shape index (κ3) is 8.40. The van der Waals surface area contributed by atoms with Crippen LogP contribution in [0.25, 0.3) is 83.6 Å². The molecule has 7 aromatic carbocycles. The van der Waals surface area contributed by atoms with E-state index in [-0.39, 0.29) is 43.1 Å². The van der Waals surface area contributed by atoms with Crippen LogP contribution in [0.1, 0.15) is 79.0 Å². The predicted octanol–water partition coefficient (Wildman–Crippen LogP) is 14.7. The van der Waals surface area contributed by atoms with Gasteiger partial charge < -0.3 is 9.67 Å². The number of aromatic nitrogens is 4. The van der Waals surface area contributed by atoms with Crippen molar-refractivity contribution < 1.29 is 26.2 Å². The number of phenols is 1. The van der Waals surface area contributed by atoms with Gasteiger partial charge >= 0.3 is 0 Å². The zero-order chi connectivity index (χ0) is 43.6. The summed E-state index contributed by atoms with van der Waals surface area (Å²) in [4.78, 5) is 15.4. The fourth-order valence-electron chi connectivity index (χ4n) is 8.33. The van der Waals surface area contributed by atoms with Gasteiger partial charge in [0.2, 0.25) is 0 Å². The largest absolute Gasteiger partial charge is 0.507 e. The third-order valence-corrected chi connectivity index (χ3v) is 12.0. The quantitative estimate of drug-likeness (QED) is 0.169. The Kier molecular flexibility index (Phi) is 11.4. The molecule has 9 aromatic rings. The van der Waals surface area contributed by atoms with Crippen molar-refractivity contribution in [3.63, 3.8) is 0 Å². The van der Waals surface area contributed by atoms with E-state index in [1.54, 1.807) is 18.5 Å². The van der Waals surface area contributed by atoms with Gasteiger partial charge in [0.1, 0.15) is 5.75 Å². The van der Waals surface area contributed by atoms with Crippen molar-refractivity contribution in [3.05, 3.63) is 175 Å². The van der Waals surface area contributed by atoms with Crippen LogP contribution in [0.4, 0.5) is 0 Å². The van der Waals surface area contributed by atoms with Crippen LogP contribution < -0.4 is 0 Å². The van der Waals surface area contributed by atoms with E-state index in [0.717, 1.165) is 89.2 Å². The zero-order valence-electron chi connectivity index (χ0n) is 37.5. The van der Waals surface area contributed by atoms with E-state index < -0.39 is 0 Å². The fraction of sp³-hybridized carbons (Fsp3) is 0.211. The first-order chi connectivity index (χ1) is 29.5. The van der Waals surface area contributed by atoms with Gasteiger partial charge in [0.05, 0.1) is 27.9 Å². The molecule has 0 radical (unpaired) electrons. The number of nitrogens with zero attached hydrogens (tertiary/aromatic N) is 4. The molecule has 0 amide bonds. The number of imidazole rings is 1. The Morgan fingerprint density at radius 1 is 0.476 bits per heavy atom. The van der Waals surface area contributed by atoms with E-state index in [0.29, 0.717) is 0 Å². The van der Waals surface area contributed by atoms with Crippen molar-refractivity contribution in [2.45, 2.75) is 78.6 Å². The summed E-state index contributed by atoms with van der Waals surface area (Å²) in [6, 6.07) is 52.7. The van der Waals surface area contributed by atoms with Gasteiger partial charge in [-0.25, -0.2) is 0 Å². The first kappa shape index (κ1) is 43.5. The Hall–Kier alpha value is -6.16. The molecule has 0 saturated carbocycles. The second-order valence-electron chi connectivity index (χ2n) is 19.5. The molecule has 0 unspecified atom stereocenters. The Labute approximate surface area is 386 Å². The molecule has 0 aliphatic rings. The maximum Gasteiger partial charge on any atom is 0.123 e. The second-order valence-corrected chi connectivity index (χ2v) is 19.5. The number of benzene rings is 7. The number of hydrogen-bond donors (Lipinski definition) is 1. The minimum atomic E-state index is -0.211. The molecule has 2 heterocycles. The monoisotopic (exact) mass is 1000 g/mol. The van der Waals surface area contributed by atoms with Gasteiger partial charge in [0, 0.05) is 55.8 Å². The summed E-state index contributed by atoms with van der Waals surface area (Å²) in [7, 11) is 0. The van der Waals surface area contributed by atoms with Gasteiger partial charge in [0.15, 0.2) is 0 Å². The molecular weight excluding hydrogens is 952 g/mol. The molecule has 0 fully saturated rings. The minimum Gasteiger partial charge on any atom is -0.507 e. The standard InChI is InChI=1S/C57H53N4O.Pt/c1-55(2,3)41-24-25-49(45(33-41)37-19-14-11-15-20-37)61-50-22-16-21-44(47-32-38(23-26-51(47)62)36-17-12-10-13-18-36)53(50)60-54(61)40-29-39(30-42(31-40)56(4,5)6)46-34-43(57(7,8)9)35-48-52(46)59-28-27-58-48;/h10-28,30-35,62H,1-9H3;/q-1;. The molecule has 0 aliphatic heterocycles. The molecule has 0 spiro atoms. The van der Waals surface area contributed by atoms with E-state index in [2.05, 4.69) is 182 Å². The van der Waals surface area contributed by atoms with Gasteiger partial charge in [-0.3, -0.25) is 15.0 Å². The number of rotatable bonds is 6. The molecular formula is C57H53N4OPt-. The maximum atomic E-state index is 11.6. The summed E-state index contributed by atoms with van der Waals surface area (Å²) in [6.07, 6.45) is 3.54. The number of para-hydroxylation sites is 1. The summed E-state index contributed by atoms with van der Waals surface area (Å²) in [5.41, 5.74) is 16.2. The molecule has 318 valence electrons. The zero-order valence-corrected chi connectivity index (χ0v) is 39.8. The molecule has 6 heteroatoms. The minimum absolute atomic E-state index is 0. The van der Waals surface area contributed by atoms with E-state index in [9.17, 15) is 5.11 Å². The Morgan fingerprint density at radius 3 is 1.78 bits per heavy atom. The van der Waals surface area contributed by atoms with Crippen LogP contribution in [0.5, 0.6) is 5.75 Å². The topological polar surface area (TPSA) is 63.8 Å². The van der Waals surface area contributed by atoms with E-state index >= 15 is 0 Å². The number of aromatic hydroxyl groups is 1. The smallest absolute Gasteiger partial charge is 0.123 e. The van der Waals surface area contributed by atoms with E-state index in [1.165, 1.54) is 11.1 Å². The van der Waals surface area contributed by atoms with Crippen LogP contribution >= 0.6 is 0 Å². The molecule has 0 saturated heterocycles. The van der Waals surface area contributed by atoms with Crippen molar-refractivity contribution >= 4 is 22.1 Å². The van der Waals surface area contributed by atoms with Crippen molar-refractivity contribution in [3.8, 4) is 67.3 Å². The van der Waals surface area contributed by atoms with Crippen LogP contribution in [-0.2, 0) is 37.3 Å². The summed E-state index contributed by atoms with van der Waals surface area (Å²) >= 11 is 0. The van der Waals surface area contributed by atoms with Gasteiger partial charge in [-0.2, -0.15) is 0 Å². The number of hydrogen-bond acceptors (Lipinski definition) is 4. The molecule has 63 heavy (non-hydrogen) atoms. The average molecular weight is 1010 g/mol. The Bertz CT molecular complexity index is 3130. The molecule has 5 nitrogen and oxygen atoms in total. The normalized spacial score (nSPS) is 12.1. The Balaban J connectivity index is 0.00000544. The predicted molar refractivity (Wildman–Crippen MR) is 258 cm³/mol. The third-order valence-electron chi connectivity index (χ3n) is 12.0.